The van der Waals surface area contributed by atoms with Crippen LogP contribution < -0.4 is 10.5 Å². The van der Waals surface area contributed by atoms with Gasteiger partial charge in [-0.3, -0.25) is 4.79 Å². The highest BCUT2D eigenvalue weighted by Crippen LogP contribution is 2.07. The zero-order valence-electron chi connectivity index (χ0n) is 8.78. The number of amides is 1. The lowest BCUT2D eigenvalue weighted by atomic mass is 10.0. The minimum absolute atomic E-state index is 0.415. The number of carbonyl (C=O) groups excluding carboxylic acids is 1. The van der Waals surface area contributed by atoms with Gasteiger partial charge in [-0.05, 0) is 18.8 Å². The summed E-state index contributed by atoms with van der Waals surface area (Å²) in [4.78, 5) is 10.9. The van der Waals surface area contributed by atoms with E-state index in [1.807, 2.05) is 13.8 Å². The van der Waals surface area contributed by atoms with Crippen LogP contribution in [0.1, 0.15) is 26.7 Å². The first-order chi connectivity index (χ1) is 6.22. The number of sulfonamides is 1. The van der Waals surface area contributed by atoms with Crippen LogP contribution in [-0.4, -0.2) is 26.6 Å². The molecule has 6 heteroatoms. The molecule has 0 aliphatic carbocycles. The molecular formula is C8H18N2O3S. The van der Waals surface area contributed by atoms with Crippen LogP contribution in [0.25, 0.3) is 0 Å². The van der Waals surface area contributed by atoms with Gasteiger partial charge in [-0.2, -0.15) is 0 Å². The number of carbonyl (C=O) groups is 1. The molecule has 0 heterocycles. The number of hydrogen-bond acceptors (Lipinski definition) is 3. The summed E-state index contributed by atoms with van der Waals surface area (Å²) in [6.45, 7) is 4.00. The molecule has 3 N–H and O–H groups in total. The molecule has 0 aromatic carbocycles. The van der Waals surface area contributed by atoms with Crippen molar-refractivity contribution in [3.63, 3.8) is 0 Å². The van der Waals surface area contributed by atoms with E-state index < -0.39 is 22.0 Å². The second-order valence-electron chi connectivity index (χ2n) is 3.82. The van der Waals surface area contributed by atoms with Crippen LogP contribution in [-0.2, 0) is 14.8 Å². The molecule has 0 bridgehead atoms. The summed E-state index contributed by atoms with van der Waals surface area (Å²) in [6.07, 6.45) is 2.22. The van der Waals surface area contributed by atoms with Crippen molar-refractivity contribution in [1.29, 1.82) is 0 Å². The lowest BCUT2D eigenvalue weighted by Crippen LogP contribution is -2.44. The van der Waals surface area contributed by atoms with Gasteiger partial charge in [-0.25, -0.2) is 13.1 Å². The smallest absolute Gasteiger partial charge is 0.235 e. The van der Waals surface area contributed by atoms with Gasteiger partial charge in [0.2, 0.25) is 15.9 Å². The summed E-state index contributed by atoms with van der Waals surface area (Å²) in [5.74, 6) is -0.214. The molecule has 0 aromatic rings. The SMILES string of the molecule is CC(C)CCC(NS(C)(=O)=O)C(N)=O. The highest BCUT2D eigenvalue weighted by molar-refractivity contribution is 7.88. The zero-order valence-corrected chi connectivity index (χ0v) is 9.60. The van der Waals surface area contributed by atoms with Crippen molar-refractivity contribution >= 4 is 15.9 Å². The molecule has 1 amide bonds. The Balaban J connectivity index is 4.25. The van der Waals surface area contributed by atoms with E-state index in [0.29, 0.717) is 12.3 Å². The molecule has 1 unspecified atom stereocenters. The fourth-order valence-electron chi connectivity index (χ4n) is 1.02. The van der Waals surface area contributed by atoms with Crippen LogP contribution in [0, 0.1) is 5.92 Å². The molecule has 0 aliphatic rings. The lowest BCUT2D eigenvalue weighted by Gasteiger charge is -2.14. The van der Waals surface area contributed by atoms with E-state index in [1.165, 1.54) is 0 Å². The fraction of sp³-hybridized carbons (Fsp3) is 0.875. The van der Waals surface area contributed by atoms with Crippen LogP contribution in [0.4, 0.5) is 0 Å². The summed E-state index contributed by atoms with van der Waals surface area (Å²) in [5, 5.41) is 0. The molecule has 14 heavy (non-hydrogen) atoms. The topological polar surface area (TPSA) is 89.3 Å². The van der Waals surface area contributed by atoms with Gasteiger partial charge in [0.15, 0.2) is 0 Å². The van der Waals surface area contributed by atoms with E-state index in [0.717, 1.165) is 12.7 Å². The number of rotatable bonds is 6. The Morgan fingerprint density at radius 3 is 2.14 bits per heavy atom. The minimum Gasteiger partial charge on any atom is -0.368 e. The van der Waals surface area contributed by atoms with E-state index in [-0.39, 0.29) is 0 Å². The maximum Gasteiger partial charge on any atom is 0.235 e. The molecule has 0 aromatic heterocycles. The van der Waals surface area contributed by atoms with Crippen LogP contribution in [0.3, 0.4) is 0 Å². The van der Waals surface area contributed by atoms with Crippen molar-refractivity contribution in [2.75, 3.05) is 6.26 Å². The average Bonchev–Trinajstić information content (AvgIpc) is 1.94. The van der Waals surface area contributed by atoms with Gasteiger partial charge in [-0.1, -0.05) is 13.8 Å². The quantitative estimate of drug-likeness (QED) is 0.653. The Kier molecular flexibility index (Phi) is 5.07. The molecular weight excluding hydrogens is 204 g/mol. The van der Waals surface area contributed by atoms with Crippen LogP contribution in [0.2, 0.25) is 0 Å². The van der Waals surface area contributed by atoms with E-state index in [9.17, 15) is 13.2 Å². The molecule has 0 spiro atoms. The van der Waals surface area contributed by atoms with Crippen molar-refractivity contribution in [3.05, 3.63) is 0 Å². The van der Waals surface area contributed by atoms with Gasteiger partial charge >= 0.3 is 0 Å². The van der Waals surface area contributed by atoms with E-state index >= 15 is 0 Å². The maximum absolute atomic E-state index is 10.9. The second kappa shape index (κ2) is 5.31. The predicted octanol–water partition coefficient (Wildman–Crippen LogP) is -0.174. The monoisotopic (exact) mass is 222 g/mol. The third kappa shape index (κ3) is 6.85. The van der Waals surface area contributed by atoms with Crippen molar-refractivity contribution < 1.29 is 13.2 Å². The number of nitrogens with one attached hydrogen (secondary N) is 1. The molecule has 84 valence electrons. The number of primary amides is 1. The highest BCUT2D eigenvalue weighted by Gasteiger charge is 2.19. The maximum atomic E-state index is 10.9. The van der Waals surface area contributed by atoms with E-state index in [1.54, 1.807) is 0 Å². The Labute approximate surface area is 85.1 Å². The predicted molar refractivity (Wildman–Crippen MR) is 55.0 cm³/mol. The Bertz CT molecular complexity index is 285. The highest BCUT2D eigenvalue weighted by atomic mass is 32.2. The number of nitrogens with two attached hydrogens (primary N) is 1. The summed E-state index contributed by atoms with van der Waals surface area (Å²) in [7, 11) is -3.37. The largest absolute Gasteiger partial charge is 0.368 e. The van der Waals surface area contributed by atoms with Crippen LogP contribution in [0.15, 0.2) is 0 Å². The van der Waals surface area contributed by atoms with Gasteiger partial charge in [0.05, 0.1) is 6.26 Å². The van der Waals surface area contributed by atoms with Crippen molar-refractivity contribution in [2.45, 2.75) is 32.7 Å². The number of hydrogen-bond donors (Lipinski definition) is 2. The lowest BCUT2D eigenvalue weighted by molar-refractivity contribution is -0.119. The summed E-state index contributed by atoms with van der Waals surface area (Å²) >= 11 is 0. The molecule has 0 radical (unpaired) electrons. The minimum atomic E-state index is -3.37. The fourth-order valence-corrected chi connectivity index (χ4v) is 1.77. The molecule has 0 fully saturated rings. The summed E-state index contributed by atoms with van der Waals surface area (Å²) in [5.41, 5.74) is 5.06. The second-order valence-corrected chi connectivity index (χ2v) is 5.60. The molecule has 0 aliphatic heterocycles. The molecule has 1 atom stereocenters. The standard InChI is InChI=1S/C8H18N2O3S/c1-6(2)4-5-7(8(9)11)10-14(3,12)13/h6-7,10H,4-5H2,1-3H3,(H2,9,11). The first kappa shape index (κ1) is 13.4. The van der Waals surface area contributed by atoms with Gasteiger partial charge in [0.25, 0.3) is 0 Å². The third-order valence-corrected chi connectivity index (χ3v) is 2.45. The molecule has 0 rings (SSSR count). The van der Waals surface area contributed by atoms with E-state index in [4.69, 9.17) is 5.73 Å². The van der Waals surface area contributed by atoms with Gasteiger partial charge in [0, 0.05) is 0 Å². The summed E-state index contributed by atoms with van der Waals surface area (Å²) < 4.78 is 24.0. The Morgan fingerprint density at radius 2 is 1.86 bits per heavy atom. The molecule has 5 nitrogen and oxygen atoms in total. The van der Waals surface area contributed by atoms with Gasteiger partial charge < -0.3 is 5.73 Å². The Hall–Kier alpha value is -0.620. The average molecular weight is 222 g/mol. The van der Waals surface area contributed by atoms with Gasteiger partial charge in [0.1, 0.15) is 6.04 Å². The first-order valence-electron chi connectivity index (χ1n) is 4.49. The van der Waals surface area contributed by atoms with Crippen LogP contribution in [0.5, 0.6) is 0 Å². The van der Waals surface area contributed by atoms with Crippen molar-refractivity contribution in [1.82, 2.24) is 4.72 Å². The normalized spacial score (nSPS) is 14.3. The molecule has 0 saturated heterocycles. The third-order valence-electron chi connectivity index (χ3n) is 1.73. The van der Waals surface area contributed by atoms with Crippen molar-refractivity contribution in [3.8, 4) is 0 Å². The summed E-state index contributed by atoms with van der Waals surface area (Å²) in [6, 6.07) is -0.785. The molecule has 0 saturated carbocycles. The zero-order chi connectivity index (χ0) is 11.4. The van der Waals surface area contributed by atoms with E-state index in [2.05, 4.69) is 4.72 Å². The van der Waals surface area contributed by atoms with Crippen molar-refractivity contribution in [2.24, 2.45) is 11.7 Å². The van der Waals surface area contributed by atoms with Gasteiger partial charge in [-0.15, -0.1) is 0 Å². The Morgan fingerprint density at radius 1 is 1.36 bits per heavy atom. The van der Waals surface area contributed by atoms with Crippen LogP contribution >= 0.6 is 0 Å². The first-order valence-corrected chi connectivity index (χ1v) is 6.38.